The Balaban J connectivity index is 2.04. The van der Waals surface area contributed by atoms with Crippen LogP contribution in [0.15, 0.2) is 42.7 Å². The van der Waals surface area contributed by atoms with Gasteiger partial charge in [0.2, 0.25) is 0 Å². The molecule has 4 heteroatoms. The lowest BCUT2D eigenvalue weighted by molar-refractivity contribution is 1.13. The maximum atomic E-state index is 8.83. The number of rotatable bonds is 4. The van der Waals surface area contributed by atoms with Crippen molar-refractivity contribution in [2.75, 3.05) is 17.7 Å². The molecule has 0 radical (unpaired) electrons. The number of hydrogen-bond acceptors (Lipinski definition) is 4. The SMILES string of the molecule is CNc1cncc(NCc2cccc(C#N)c2)c1. The molecule has 2 rings (SSSR count). The quantitative estimate of drug-likeness (QED) is 0.859. The summed E-state index contributed by atoms with van der Waals surface area (Å²) in [5, 5.41) is 15.1. The third kappa shape index (κ3) is 2.98. The molecule has 0 aliphatic rings. The zero-order chi connectivity index (χ0) is 12.8. The van der Waals surface area contributed by atoms with Crippen LogP contribution in [0.25, 0.3) is 0 Å². The van der Waals surface area contributed by atoms with Crippen LogP contribution in [0.2, 0.25) is 0 Å². The van der Waals surface area contributed by atoms with Gasteiger partial charge in [-0.3, -0.25) is 4.98 Å². The highest BCUT2D eigenvalue weighted by molar-refractivity contribution is 5.53. The Labute approximate surface area is 106 Å². The van der Waals surface area contributed by atoms with Crippen molar-refractivity contribution < 1.29 is 0 Å². The second kappa shape index (κ2) is 5.69. The summed E-state index contributed by atoms with van der Waals surface area (Å²) in [4.78, 5) is 4.12. The fourth-order valence-corrected chi connectivity index (χ4v) is 1.63. The molecule has 1 aromatic heterocycles. The Morgan fingerprint density at radius 2 is 2.06 bits per heavy atom. The number of nitrogens with one attached hydrogen (secondary N) is 2. The zero-order valence-corrected chi connectivity index (χ0v) is 10.1. The summed E-state index contributed by atoms with van der Waals surface area (Å²) >= 11 is 0. The first-order valence-corrected chi connectivity index (χ1v) is 5.67. The number of benzene rings is 1. The Morgan fingerprint density at radius 1 is 1.22 bits per heavy atom. The van der Waals surface area contributed by atoms with Crippen LogP contribution in [0.4, 0.5) is 11.4 Å². The number of hydrogen-bond donors (Lipinski definition) is 2. The maximum Gasteiger partial charge on any atom is 0.0991 e. The van der Waals surface area contributed by atoms with Crippen molar-refractivity contribution in [3.05, 3.63) is 53.9 Å². The highest BCUT2D eigenvalue weighted by Crippen LogP contribution is 2.13. The van der Waals surface area contributed by atoms with E-state index in [1.807, 2.05) is 31.3 Å². The van der Waals surface area contributed by atoms with Crippen LogP contribution in [0.3, 0.4) is 0 Å². The number of nitriles is 1. The standard InChI is InChI=1S/C14H14N4/c1-16-13-6-14(10-17-9-13)18-8-12-4-2-3-11(5-12)7-15/h2-6,9-10,16,18H,8H2,1H3. The molecule has 0 atom stereocenters. The van der Waals surface area contributed by atoms with Crippen molar-refractivity contribution in [1.82, 2.24) is 4.98 Å². The molecule has 4 nitrogen and oxygen atoms in total. The molecule has 18 heavy (non-hydrogen) atoms. The normalized spacial score (nSPS) is 9.56. The molecular weight excluding hydrogens is 224 g/mol. The molecule has 90 valence electrons. The minimum absolute atomic E-state index is 0.671. The van der Waals surface area contributed by atoms with Gasteiger partial charge < -0.3 is 10.6 Å². The average molecular weight is 238 g/mol. The first-order valence-electron chi connectivity index (χ1n) is 5.67. The van der Waals surface area contributed by atoms with Crippen LogP contribution < -0.4 is 10.6 Å². The first-order chi connectivity index (χ1) is 8.81. The summed E-state index contributed by atoms with van der Waals surface area (Å²) in [5.41, 5.74) is 3.66. The van der Waals surface area contributed by atoms with Crippen LogP contribution >= 0.6 is 0 Å². The number of aromatic nitrogens is 1. The van der Waals surface area contributed by atoms with E-state index < -0.39 is 0 Å². The predicted molar refractivity (Wildman–Crippen MR) is 72.3 cm³/mol. The fraction of sp³-hybridized carbons (Fsp3) is 0.143. The van der Waals surface area contributed by atoms with Gasteiger partial charge in [-0.25, -0.2) is 0 Å². The summed E-state index contributed by atoms with van der Waals surface area (Å²) < 4.78 is 0. The first kappa shape index (κ1) is 11.9. The molecule has 1 aromatic carbocycles. The Kier molecular flexibility index (Phi) is 3.77. The Hall–Kier alpha value is -2.54. The molecule has 0 aliphatic carbocycles. The fourth-order valence-electron chi connectivity index (χ4n) is 1.63. The van der Waals surface area contributed by atoms with E-state index in [0.29, 0.717) is 12.1 Å². The van der Waals surface area contributed by atoms with Crippen molar-refractivity contribution in [1.29, 1.82) is 5.26 Å². The van der Waals surface area contributed by atoms with E-state index in [1.165, 1.54) is 0 Å². The lowest BCUT2D eigenvalue weighted by Crippen LogP contribution is -2.01. The van der Waals surface area contributed by atoms with E-state index in [9.17, 15) is 0 Å². The van der Waals surface area contributed by atoms with Gasteiger partial charge in [-0.15, -0.1) is 0 Å². The van der Waals surface area contributed by atoms with Gasteiger partial charge >= 0.3 is 0 Å². The summed E-state index contributed by atoms with van der Waals surface area (Å²) in [6.07, 6.45) is 3.54. The summed E-state index contributed by atoms with van der Waals surface area (Å²) in [7, 11) is 1.86. The second-order valence-corrected chi connectivity index (χ2v) is 3.88. The van der Waals surface area contributed by atoms with Crippen molar-refractivity contribution in [2.45, 2.75) is 6.54 Å². The third-order valence-corrected chi connectivity index (χ3v) is 2.58. The van der Waals surface area contributed by atoms with Gasteiger partial charge in [0.25, 0.3) is 0 Å². The lowest BCUT2D eigenvalue weighted by atomic mass is 10.1. The van der Waals surface area contributed by atoms with Gasteiger partial charge in [-0.1, -0.05) is 12.1 Å². The van der Waals surface area contributed by atoms with E-state index in [-0.39, 0.29) is 0 Å². The second-order valence-electron chi connectivity index (χ2n) is 3.88. The molecule has 0 amide bonds. The lowest BCUT2D eigenvalue weighted by Gasteiger charge is -2.08. The van der Waals surface area contributed by atoms with Gasteiger partial charge in [-0.2, -0.15) is 5.26 Å². The van der Waals surface area contributed by atoms with Gasteiger partial charge in [0.05, 0.1) is 35.4 Å². The summed E-state index contributed by atoms with van der Waals surface area (Å²) in [6, 6.07) is 11.7. The van der Waals surface area contributed by atoms with E-state index >= 15 is 0 Å². The molecule has 2 N–H and O–H groups in total. The van der Waals surface area contributed by atoms with E-state index in [4.69, 9.17) is 5.26 Å². The minimum Gasteiger partial charge on any atom is -0.387 e. The smallest absolute Gasteiger partial charge is 0.0991 e. The molecular formula is C14H14N4. The van der Waals surface area contributed by atoms with Gasteiger partial charge in [0.1, 0.15) is 0 Å². The van der Waals surface area contributed by atoms with Gasteiger partial charge in [-0.05, 0) is 23.8 Å². The van der Waals surface area contributed by atoms with Crippen LogP contribution in [-0.4, -0.2) is 12.0 Å². The van der Waals surface area contributed by atoms with Crippen LogP contribution in [0.5, 0.6) is 0 Å². The monoisotopic (exact) mass is 238 g/mol. The van der Waals surface area contributed by atoms with Crippen molar-refractivity contribution in [2.24, 2.45) is 0 Å². The highest BCUT2D eigenvalue weighted by atomic mass is 14.9. The van der Waals surface area contributed by atoms with Crippen LogP contribution in [0, 0.1) is 11.3 Å². The van der Waals surface area contributed by atoms with Gasteiger partial charge in [0, 0.05) is 13.6 Å². The molecule has 2 aromatic rings. The van der Waals surface area contributed by atoms with Crippen molar-refractivity contribution in [3.63, 3.8) is 0 Å². The zero-order valence-electron chi connectivity index (χ0n) is 10.1. The Bertz CT molecular complexity index is 572. The minimum atomic E-state index is 0.671. The summed E-state index contributed by atoms with van der Waals surface area (Å²) in [6.45, 7) is 0.671. The molecule has 0 saturated carbocycles. The molecule has 0 saturated heterocycles. The number of pyridine rings is 1. The van der Waals surface area contributed by atoms with Crippen LogP contribution in [-0.2, 0) is 6.54 Å². The van der Waals surface area contributed by atoms with E-state index in [1.54, 1.807) is 18.5 Å². The van der Waals surface area contributed by atoms with E-state index in [0.717, 1.165) is 16.9 Å². The predicted octanol–water partition coefficient (Wildman–Crippen LogP) is 2.61. The number of anilines is 2. The van der Waals surface area contributed by atoms with Crippen molar-refractivity contribution >= 4 is 11.4 Å². The molecule has 1 heterocycles. The third-order valence-electron chi connectivity index (χ3n) is 2.58. The molecule has 0 aliphatic heterocycles. The Morgan fingerprint density at radius 3 is 2.83 bits per heavy atom. The highest BCUT2D eigenvalue weighted by Gasteiger charge is 1.97. The molecule has 0 spiro atoms. The average Bonchev–Trinajstić information content (AvgIpc) is 2.45. The molecule has 0 bridgehead atoms. The molecule has 0 unspecified atom stereocenters. The van der Waals surface area contributed by atoms with E-state index in [2.05, 4.69) is 21.7 Å². The largest absolute Gasteiger partial charge is 0.387 e. The number of nitrogens with zero attached hydrogens (tertiary/aromatic N) is 2. The summed E-state index contributed by atoms with van der Waals surface area (Å²) in [5.74, 6) is 0. The van der Waals surface area contributed by atoms with Gasteiger partial charge in [0.15, 0.2) is 0 Å². The topological polar surface area (TPSA) is 60.7 Å². The van der Waals surface area contributed by atoms with Crippen LogP contribution in [0.1, 0.15) is 11.1 Å². The maximum absolute atomic E-state index is 8.83. The van der Waals surface area contributed by atoms with Crippen molar-refractivity contribution in [3.8, 4) is 6.07 Å². The molecule has 0 fully saturated rings.